The van der Waals surface area contributed by atoms with Crippen molar-refractivity contribution in [2.75, 3.05) is 32.7 Å². The molecule has 0 aromatic rings. The lowest BCUT2D eigenvalue weighted by atomic mass is 9.94. The lowest BCUT2D eigenvalue weighted by Gasteiger charge is -2.39. The molecule has 2 rings (SSSR count). The first-order valence-corrected chi connectivity index (χ1v) is 9.17. The second-order valence-corrected chi connectivity index (χ2v) is 7.71. The molecule has 0 aromatic carbocycles. The Morgan fingerprint density at radius 3 is 2.30 bits per heavy atom. The molecule has 2 fully saturated rings. The van der Waals surface area contributed by atoms with E-state index in [-0.39, 0.29) is 24.0 Å². The molecule has 1 amide bonds. The van der Waals surface area contributed by atoms with Gasteiger partial charge in [-0.3, -0.25) is 9.69 Å². The first-order valence-electron chi connectivity index (χ1n) is 9.17. The highest BCUT2D eigenvalue weighted by atomic mass is 19.1. The molecule has 5 heteroatoms. The van der Waals surface area contributed by atoms with E-state index in [9.17, 15) is 9.18 Å². The quantitative estimate of drug-likeness (QED) is 0.778. The monoisotopic (exact) mass is 328 g/mol. The molecule has 0 saturated carbocycles. The van der Waals surface area contributed by atoms with Gasteiger partial charge in [0, 0.05) is 38.6 Å². The highest BCUT2D eigenvalue weighted by Crippen LogP contribution is 2.24. The van der Waals surface area contributed by atoms with Crippen molar-refractivity contribution in [2.24, 2.45) is 11.8 Å². The summed E-state index contributed by atoms with van der Waals surface area (Å²) in [6.07, 6.45) is 1.83. The Bertz CT molecular complexity index is 381. The zero-order valence-electron chi connectivity index (χ0n) is 15.1. The third-order valence-corrected chi connectivity index (χ3v) is 4.95. The third-order valence-electron chi connectivity index (χ3n) is 4.95. The number of nitrogens with zero attached hydrogens (tertiary/aromatic N) is 2. The molecule has 0 spiro atoms. The number of rotatable bonds is 5. The number of ether oxygens (including phenoxy) is 1. The number of carbonyl (C=O) groups is 1. The number of piperidine rings is 2. The predicted molar refractivity (Wildman–Crippen MR) is 90.1 cm³/mol. The van der Waals surface area contributed by atoms with E-state index in [1.807, 2.05) is 32.6 Å². The van der Waals surface area contributed by atoms with Crippen LogP contribution in [0.25, 0.3) is 0 Å². The molecule has 0 aliphatic carbocycles. The molecular weight excluding hydrogens is 295 g/mol. The lowest BCUT2D eigenvalue weighted by molar-refractivity contribution is -0.136. The molecule has 0 N–H and O–H groups in total. The lowest BCUT2D eigenvalue weighted by Crippen LogP contribution is -2.49. The zero-order valence-corrected chi connectivity index (χ0v) is 15.1. The molecule has 2 saturated heterocycles. The number of halogens is 1. The summed E-state index contributed by atoms with van der Waals surface area (Å²) in [7, 11) is 0. The Morgan fingerprint density at radius 2 is 1.78 bits per heavy atom. The Morgan fingerprint density at radius 1 is 1.13 bits per heavy atom. The van der Waals surface area contributed by atoms with Gasteiger partial charge in [0.15, 0.2) is 0 Å². The van der Waals surface area contributed by atoms with Crippen molar-refractivity contribution in [1.82, 2.24) is 9.80 Å². The van der Waals surface area contributed by atoms with Gasteiger partial charge in [0.1, 0.15) is 6.17 Å². The molecule has 0 radical (unpaired) electrons. The van der Waals surface area contributed by atoms with Crippen LogP contribution in [0.3, 0.4) is 0 Å². The minimum absolute atomic E-state index is 0.0823. The number of carbonyl (C=O) groups excluding carboxylic acids is 1. The second-order valence-electron chi connectivity index (χ2n) is 7.71. The zero-order chi connectivity index (χ0) is 17.0. The van der Waals surface area contributed by atoms with E-state index in [1.165, 1.54) is 0 Å². The summed E-state index contributed by atoms with van der Waals surface area (Å²) in [5.74, 6) is 0.929. The van der Waals surface area contributed by atoms with Crippen LogP contribution in [0.1, 0.15) is 47.0 Å². The molecule has 134 valence electrons. The van der Waals surface area contributed by atoms with E-state index in [2.05, 4.69) is 4.90 Å². The Labute approximate surface area is 140 Å². The van der Waals surface area contributed by atoms with Crippen LogP contribution in [0.4, 0.5) is 4.39 Å². The van der Waals surface area contributed by atoms with Gasteiger partial charge in [-0.25, -0.2) is 4.39 Å². The van der Waals surface area contributed by atoms with Crippen molar-refractivity contribution in [1.29, 1.82) is 0 Å². The molecule has 2 unspecified atom stereocenters. The van der Waals surface area contributed by atoms with E-state index in [4.69, 9.17) is 4.74 Å². The maximum Gasteiger partial charge on any atom is 0.225 e. The summed E-state index contributed by atoms with van der Waals surface area (Å²) in [5.41, 5.74) is 0. The molecular formula is C18H33FN2O2. The van der Waals surface area contributed by atoms with Crippen LogP contribution in [0, 0.1) is 11.8 Å². The second kappa shape index (κ2) is 8.43. The van der Waals surface area contributed by atoms with Crippen molar-refractivity contribution in [3.05, 3.63) is 0 Å². The fourth-order valence-corrected chi connectivity index (χ4v) is 3.68. The normalized spacial score (nSPS) is 27.9. The summed E-state index contributed by atoms with van der Waals surface area (Å²) in [4.78, 5) is 16.2. The smallest absolute Gasteiger partial charge is 0.225 e. The van der Waals surface area contributed by atoms with Crippen molar-refractivity contribution >= 4 is 5.91 Å². The Hall–Kier alpha value is -0.680. The first kappa shape index (κ1) is 18.7. The number of likely N-dealkylation sites (tertiary alicyclic amines) is 2. The SMILES string of the molecule is CC(C)OC1CCN(CC2CCN(C(=O)C(C)C)CC2)CC1F. The van der Waals surface area contributed by atoms with Crippen LogP contribution in [0.15, 0.2) is 0 Å². The minimum atomic E-state index is -0.881. The van der Waals surface area contributed by atoms with Crippen LogP contribution >= 0.6 is 0 Å². The van der Waals surface area contributed by atoms with Crippen LogP contribution < -0.4 is 0 Å². The van der Waals surface area contributed by atoms with Gasteiger partial charge in [-0.05, 0) is 39.0 Å². The van der Waals surface area contributed by atoms with Gasteiger partial charge >= 0.3 is 0 Å². The molecule has 2 atom stereocenters. The van der Waals surface area contributed by atoms with Gasteiger partial charge < -0.3 is 9.64 Å². The summed E-state index contributed by atoms with van der Waals surface area (Å²) < 4.78 is 19.9. The van der Waals surface area contributed by atoms with Gasteiger partial charge in [-0.2, -0.15) is 0 Å². The average Bonchev–Trinajstić information content (AvgIpc) is 2.49. The number of alkyl halides is 1. The molecule has 2 aliphatic heterocycles. The van der Waals surface area contributed by atoms with Crippen molar-refractivity contribution < 1.29 is 13.9 Å². The highest BCUT2D eigenvalue weighted by molar-refractivity contribution is 5.78. The third kappa shape index (κ3) is 5.42. The van der Waals surface area contributed by atoms with Crippen molar-refractivity contribution in [2.45, 2.75) is 65.3 Å². The van der Waals surface area contributed by atoms with E-state index < -0.39 is 6.17 Å². The average molecular weight is 328 g/mol. The first-order chi connectivity index (χ1) is 10.9. The van der Waals surface area contributed by atoms with Gasteiger partial charge in [0.2, 0.25) is 5.91 Å². The number of hydrogen-bond donors (Lipinski definition) is 0. The van der Waals surface area contributed by atoms with Gasteiger partial charge in [0.25, 0.3) is 0 Å². The predicted octanol–water partition coefficient (Wildman–Crippen LogP) is 2.72. The summed E-state index contributed by atoms with van der Waals surface area (Å²) >= 11 is 0. The maximum atomic E-state index is 14.2. The fraction of sp³-hybridized carbons (Fsp3) is 0.944. The van der Waals surface area contributed by atoms with E-state index in [0.717, 1.165) is 45.4 Å². The molecule has 0 bridgehead atoms. The molecule has 2 heterocycles. The van der Waals surface area contributed by atoms with E-state index in [1.54, 1.807) is 0 Å². The summed E-state index contributed by atoms with van der Waals surface area (Å²) in [6.45, 7) is 11.9. The Balaban J connectivity index is 1.72. The van der Waals surface area contributed by atoms with E-state index >= 15 is 0 Å². The number of amides is 1. The molecule has 0 aromatic heterocycles. The molecule has 2 aliphatic rings. The fourth-order valence-electron chi connectivity index (χ4n) is 3.68. The molecule has 4 nitrogen and oxygen atoms in total. The summed E-state index contributed by atoms with van der Waals surface area (Å²) in [5, 5.41) is 0. The topological polar surface area (TPSA) is 32.8 Å². The van der Waals surface area contributed by atoms with Crippen LogP contribution in [-0.4, -0.2) is 66.8 Å². The minimum Gasteiger partial charge on any atom is -0.372 e. The van der Waals surface area contributed by atoms with Crippen molar-refractivity contribution in [3.8, 4) is 0 Å². The van der Waals surface area contributed by atoms with Crippen LogP contribution in [0.2, 0.25) is 0 Å². The highest BCUT2D eigenvalue weighted by Gasteiger charge is 2.32. The van der Waals surface area contributed by atoms with Crippen LogP contribution in [0.5, 0.6) is 0 Å². The standard InChI is InChI=1S/C18H33FN2O2/c1-13(2)18(22)21-9-5-15(6-10-21)11-20-8-7-17(16(19)12-20)23-14(3)4/h13-17H,5-12H2,1-4H3. The van der Waals surface area contributed by atoms with Gasteiger partial charge in [0.05, 0.1) is 12.2 Å². The number of hydrogen-bond acceptors (Lipinski definition) is 3. The van der Waals surface area contributed by atoms with Gasteiger partial charge in [-0.1, -0.05) is 13.8 Å². The van der Waals surface area contributed by atoms with Crippen LogP contribution in [-0.2, 0) is 9.53 Å². The van der Waals surface area contributed by atoms with Gasteiger partial charge in [-0.15, -0.1) is 0 Å². The largest absolute Gasteiger partial charge is 0.372 e. The maximum absolute atomic E-state index is 14.2. The van der Waals surface area contributed by atoms with E-state index in [0.29, 0.717) is 12.5 Å². The molecule has 23 heavy (non-hydrogen) atoms. The Kier molecular flexibility index (Phi) is 6.84. The summed E-state index contributed by atoms with van der Waals surface area (Å²) in [6, 6.07) is 0. The van der Waals surface area contributed by atoms with Crippen molar-refractivity contribution in [3.63, 3.8) is 0 Å².